The van der Waals surface area contributed by atoms with Crippen LogP contribution < -0.4 is 10.1 Å². The van der Waals surface area contributed by atoms with E-state index < -0.39 is 26.2 Å². The van der Waals surface area contributed by atoms with E-state index in [2.05, 4.69) is 5.32 Å². The van der Waals surface area contributed by atoms with E-state index in [1.165, 1.54) is 18.2 Å². The van der Waals surface area contributed by atoms with Crippen molar-refractivity contribution in [1.29, 1.82) is 0 Å². The van der Waals surface area contributed by atoms with Crippen molar-refractivity contribution in [2.24, 2.45) is 0 Å². The molecular weight excluding hydrogens is 396 g/mol. The van der Waals surface area contributed by atoms with Crippen molar-refractivity contribution < 1.29 is 22.9 Å². The van der Waals surface area contributed by atoms with Gasteiger partial charge in [-0.05, 0) is 25.0 Å². The molecule has 1 aliphatic rings. The van der Waals surface area contributed by atoms with Gasteiger partial charge in [-0.15, -0.1) is 0 Å². The van der Waals surface area contributed by atoms with Crippen LogP contribution in [0.3, 0.4) is 0 Å². The molecular formula is C20H22N2O6S. The minimum absolute atomic E-state index is 0.0498. The lowest BCUT2D eigenvalue weighted by Gasteiger charge is -2.24. The van der Waals surface area contributed by atoms with E-state index in [1.54, 1.807) is 6.92 Å². The van der Waals surface area contributed by atoms with Gasteiger partial charge in [0.2, 0.25) is 0 Å². The molecule has 154 valence electrons. The number of ether oxygens (including phenoxy) is 1. The Morgan fingerprint density at radius 3 is 2.59 bits per heavy atom. The molecule has 0 spiro atoms. The molecule has 1 N–H and O–H groups in total. The van der Waals surface area contributed by atoms with Crippen LogP contribution in [-0.4, -0.2) is 42.9 Å². The fourth-order valence-corrected chi connectivity index (χ4v) is 5.49. The van der Waals surface area contributed by atoms with Gasteiger partial charge in [0.05, 0.1) is 22.0 Å². The van der Waals surface area contributed by atoms with Crippen molar-refractivity contribution in [2.75, 3.05) is 18.1 Å². The van der Waals surface area contributed by atoms with Gasteiger partial charge in [0.15, 0.2) is 16.4 Å². The number of hydrogen-bond donors (Lipinski definition) is 1. The summed E-state index contributed by atoms with van der Waals surface area (Å²) in [6.07, 6.45) is 0.771. The van der Waals surface area contributed by atoms with E-state index in [0.29, 0.717) is 24.2 Å². The van der Waals surface area contributed by atoms with Gasteiger partial charge in [-0.3, -0.25) is 14.9 Å². The summed E-state index contributed by atoms with van der Waals surface area (Å²) in [5, 5.41) is 13.8. The summed E-state index contributed by atoms with van der Waals surface area (Å²) in [6, 6.07) is 13.7. The highest BCUT2D eigenvalue weighted by molar-refractivity contribution is 7.91. The highest BCUT2D eigenvalue weighted by Gasteiger charge is 2.39. The molecule has 1 saturated heterocycles. The number of non-ortho nitro benzene ring substituents is 1. The Balaban J connectivity index is 1.71. The van der Waals surface area contributed by atoms with E-state index in [0.717, 1.165) is 5.56 Å². The lowest BCUT2D eigenvalue weighted by atomic mass is 10.0. The van der Waals surface area contributed by atoms with Gasteiger partial charge in [0, 0.05) is 24.1 Å². The largest absolute Gasteiger partial charge is 0.483 e. The molecule has 0 aromatic heterocycles. The van der Waals surface area contributed by atoms with E-state index in [-0.39, 0.29) is 23.8 Å². The van der Waals surface area contributed by atoms with Crippen LogP contribution in [-0.2, 0) is 21.1 Å². The highest BCUT2D eigenvalue weighted by Crippen LogP contribution is 2.27. The molecule has 0 radical (unpaired) electrons. The Morgan fingerprint density at radius 1 is 1.24 bits per heavy atom. The minimum atomic E-state index is -3.14. The van der Waals surface area contributed by atoms with Gasteiger partial charge in [-0.1, -0.05) is 30.3 Å². The van der Waals surface area contributed by atoms with E-state index >= 15 is 0 Å². The van der Waals surface area contributed by atoms with Crippen LogP contribution in [0.5, 0.6) is 5.75 Å². The van der Waals surface area contributed by atoms with Crippen LogP contribution in [0.25, 0.3) is 0 Å². The number of benzene rings is 2. The topological polar surface area (TPSA) is 116 Å². The van der Waals surface area contributed by atoms with E-state index in [4.69, 9.17) is 4.74 Å². The summed E-state index contributed by atoms with van der Waals surface area (Å²) >= 11 is 0. The summed E-state index contributed by atoms with van der Waals surface area (Å²) in [7, 11) is -3.14. The molecule has 0 unspecified atom stereocenters. The third kappa shape index (κ3) is 5.54. The molecule has 29 heavy (non-hydrogen) atoms. The molecule has 9 heteroatoms. The first-order chi connectivity index (χ1) is 13.7. The lowest BCUT2D eigenvalue weighted by molar-refractivity contribution is -0.384. The molecule has 1 aliphatic heterocycles. The quantitative estimate of drug-likeness (QED) is 0.545. The van der Waals surface area contributed by atoms with Crippen molar-refractivity contribution in [3.05, 3.63) is 69.8 Å². The number of rotatable bonds is 7. The Kier molecular flexibility index (Phi) is 5.88. The predicted molar refractivity (Wildman–Crippen MR) is 108 cm³/mol. The number of nitrogens with one attached hydrogen (secondary N) is 1. The average Bonchev–Trinajstić information content (AvgIpc) is 2.94. The number of hydrogen-bond acceptors (Lipinski definition) is 6. The van der Waals surface area contributed by atoms with Crippen LogP contribution in [0.15, 0.2) is 48.5 Å². The van der Waals surface area contributed by atoms with Crippen molar-refractivity contribution in [1.82, 2.24) is 5.32 Å². The molecule has 1 fully saturated rings. The second-order valence-electron chi connectivity index (χ2n) is 7.45. The first-order valence-corrected chi connectivity index (χ1v) is 10.9. The van der Waals surface area contributed by atoms with Gasteiger partial charge in [0.1, 0.15) is 5.75 Å². The maximum atomic E-state index is 12.3. The maximum Gasteiger partial charge on any atom is 0.269 e. The van der Waals surface area contributed by atoms with Crippen molar-refractivity contribution in [3.63, 3.8) is 0 Å². The number of nitro benzene ring substituents is 1. The summed E-state index contributed by atoms with van der Waals surface area (Å²) in [5.41, 5.74) is 0.678. The molecule has 3 rings (SSSR count). The lowest BCUT2D eigenvalue weighted by Crippen LogP contribution is -2.48. The van der Waals surface area contributed by atoms with Crippen molar-refractivity contribution >= 4 is 21.4 Å². The van der Waals surface area contributed by atoms with Crippen molar-refractivity contribution in [2.45, 2.75) is 25.3 Å². The summed E-state index contributed by atoms with van der Waals surface area (Å²) in [5.74, 6) is -0.107. The molecule has 1 atom stereocenters. The van der Waals surface area contributed by atoms with Gasteiger partial charge in [-0.2, -0.15) is 0 Å². The zero-order valence-corrected chi connectivity index (χ0v) is 16.8. The Hall–Kier alpha value is -2.94. The fraction of sp³-hybridized carbons (Fsp3) is 0.350. The molecule has 1 amide bonds. The first-order valence-electron chi connectivity index (χ1n) is 9.11. The number of amides is 1. The second-order valence-corrected chi connectivity index (χ2v) is 9.64. The molecule has 2 aromatic rings. The van der Waals surface area contributed by atoms with Crippen LogP contribution in [0, 0.1) is 10.1 Å². The van der Waals surface area contributed by atoms with Crippen LogP contribution in [0.1, 0.15) is 24.5 Å². The second kappa shape index (κ2) is 8.20. The molecule has 8 nitrogen and oxygen atoms in total. The molecule has 0 bridgehead atoms. The zero-order chi connectivity index (χ0) is 21.1. The summed E-state index contributed by atoms with van der Waals surface area (Å²) < 4.78 is 29.0. The molecule has 0 aliphatic carbocycles. The van der Waals surface area contributed by atoms with E-state index in [1.807, 2.05) is 30.3 Å². The predicted octanol–water partition coefficient (Wildman–Crippen LogP) is 2.26. The Morgan fingerprint density at radius 2 is 1.97 bits per heavy atom. The van der Waals surface area contributed by atoms with Gasteiger partial charge in [-0.25, -0.2) is 8.42 Å². The van der Waals surface area contributed by atoms with Gasteiger partial charge >= 0.3 is 0 Å². The third-order valence-electron chi connectivity index (χ3n) is 4.80. The monoisotopic (exact) mass is 418 g/mol. The highest BCUT2D eigenvalue weighted by atomic mass is 32.2. The zero-order valence-electron chi connectivity index (χ0n) is 16.0. The number of sulfone groups is 1. The van der Waals surface area contributed by atoms with Crippen molar-refractivity contribution in [3.8, 4) is 5.75 Å². The summed E-state index contributed by atoms with van der Waals surface area (Å²) in [6.45, 7) is 1.39. The molecule has 0 saturated carbocycles. The molecule has 1 heterocycles. The third-order valence-corrected chi connectivity index (χ3v) is 6.70. The fourth-order valence-electron chi connectivity index (χ4n) is 3.40. The van der Waals surface area contributed by atoms with Crippen LogP contribution in [0.2, 0.25) is 0 Å². The van der Waals surface area contributed by atoms with Crippen LogP contribution >= 0.6 is 0 Å². The molecule has 2 aromatic carbocycles. The van der Waals surface area contributed by atoms with Gasteiger partial charge < -0.3 is 10.1 Å². The summed E-state index contributed by atoms with van der Waals surface area (Å²) in [4.78, 5) is 22.9. The van der Waals surface area contributed by atoms with E-state index in [9.17, 15) is 23.3 Å². The maximum absolute atomic E-state index is 12.3. The first kappa shape index (κ1) is 20.8. The normalized spacial score (nSPS) is 20.2. The number of nitro groups is 1. The number of nitrogens with zero attached hydrogens (tertiary/aromatic N) is 1. The Labute approximate surface area is 169 Å². The number of carbonyl (C=O) groups is 1. The standard InChI is InChI=1S/C20H22N2O6S/c1-20(9-10-29(26,27)14-20)21-19(23)13-28-18-8-7-17(22(24)25)12-16(18)11-15-5-3-2-4-6-15/h2-8,12H,9-11,13-14H2,1H3,(H,21,23)/t20-/m0/s1. The average molecular weight is 418 g/mol. The van der Waals surface area contributed by atoms with Crippen LogP contribution in [0.4, 0.5) is 5.69 Å². The SMILES string of the molecule is C[C@]1(NC(=O)COc2ccc([N+](=O)[O-])cc2Cc2ccccc2)CCS(=O)(=O)C1. The van der Waals surface area contributed by atoms with Gasteiger partial charge in [0.25, 0.3) is 11.6 Å². The smallest absolute Gasteiger partial charge is 0.269 e. The number of carbonyl (C=O) groups excluding carboxylic acids is 1. The minimum Gasteiger partial charge on any atom is -0.483 e. The Bertz CT molecular complexity index is 1020.